The van der Waals surface area contributed by atoms with Crippen molar-refractivity contribution >= 4 is 21.7 Å². The molecule has 0 bridgehead atoms. The fourth-order valence-electron chi connectivity index (χ4n) is 2.00. The van der Waals surface area contributed by atoms with Crippen molar-refractivity contribution in [2.75, 3.05) is 44.7 Å². The lowest BCUT2D eigenvalue weighted by Gasteiger charge is -2.21. The first kappa shape index (κ1) is 15.9. The Morgan fingerprint density at radius 1 is 1.16 bits per heavy atom. The van der Waals surface area contributed by atoms with Gasteiger partial charge in [0, 0.05) is 38.9 Å². The van der Waals surface area contributed by atoms with E-state index >= 15 is 0 Å². The average Bonchev–Trinajstić information content (AvgIpc) is 2.50. The highest BCUT2D eigenvalue weighted by Crippen LogP contribution is 2.05. The molecule has 0 aromatic carbocycles. The zero-order valence-electron chi connectivity index (χ0n) is 11.0. The van der Waals surface area contributed by atoms with E-state index in [0.29, 0.717) is 32.6 Å². The van der Waals surface area contributed by atoms with E-state index in [1.54, 1.807) is 9.80 Å². The molecule has 0 unspecified atom stereocenters. The standard InChI is InChI=1S/C11H20N2O5S/c1-19(17,18)8-3-10(14)13-5-2-4-12(6-7-13)9-11(15)16/h2-9H2,1H3,(H,15,16). The van der Waals surface area contributed by atoms with Crippen LogP contribution in [0.3, 0.4) is 0 Å². The molecule has 0 aromatic heterocycles. The maximum Gasteiger partial charge on any atom is 0.317 e. The summed E-state index contributed by atoms with van der Waals surface area (Å²) < 4.78 is 22.0. The number of nitrogens with zero attached hydrogens (tertiary/aromatic N) is 2. The number of hydrogen-bond donors (Lipinski definition) is 1. The maximum absolute atomic E-state index is 11.9. The number of hydrogen-bond acceptors (Lipinski definition) is 5. The van der Waals surface area contributed by atoms with Crippen LogP contribution in [0.25, 0.3) is 0 Å². The van der Waals surface area contributed by atoms with Gasteiger partial charge in [-0.15, -0.1) is 0 Å². The van der Waals surface area contributed by atoms with Crippen LogP contribution in [-0.4, -0.2) is 79.9 Å². The maximum atomic E-state index is 11.9. The van der Waals surface area contributed by atoms with Gasteiger partial charge in [-0.05, 0) is 6.42 Å². The Bertz CT molecular complexity index is 434. The number of amides is 1. The van der Waals surface area contributed by atoms with E-state index in [4.69, 9.17) is 5.11 Å². The predicted octanol–water partition coefficient (Wildman–Crippen LogP) is -0.960. The summed E-state index contributed by atoms with van der Waals surface area (Å²) in [6.45, 7) is 2.14. The van der Waals surface area contributed by atoms with E-state index < -0.39 is 15.8 Å². The Balaban J connectivity index is 2.43. The topological polar surface area (TPSA) is 95.0 Å². The molecule has 0 spiro atoms. The molecule has 0 radical (unpaired) electrons. The third-order valence-electron chi connectivity index (χ3n) is 2.99. The van der Waals surface area contributed by atoms with Gasteiger partial charge in [0.1, 0.15) is 9.84 Å². The molecule has 1 aliphatic heterocycles. The minimum atomic E-state index is -3.13. The van der Waals surface area contributed by atoms with Crippen molar-refractivity contribution in [3.63, 3.8) is 0 Å². The van der Waals surface area contributed by atoms with Crippen LogP contribution in [0.2, 0.25) is 0 Å². The van der Waals surface area contributed by atoms with Crippen LogP contribution in [0.15, 0.2) is 0 Å². The fourth-order valence-corrected chi connectivity index (χ4v) is 2.55. The Morgan fingerprint density at radius 3 is 2.42 bits per heavy atom. The van der Waals surface area contributed by atoms with E-state index in [-0.39, 0.29) is 24.6 Å². The molecular weight excluding hydrogens is 272 g/mol. The van der Waals surface area contributed by atoms with Gasteiger partial charge in [0.2, 0.25) is 5.91 Å². The van der Waals surface area contributed by atoms with Crippen molar-refractivity contribution in [1.82, 2.24) is 9.80 Å². The second kappa shape index (κ2) is 6.85. The Labute approximate surface area is 113 Å². The second-order valence-corrected chi connectivity index (χ2v) is 7.04. The van der Waals surface area contributed by atoms with Gasteiger partial charge < -0.3 is 10.0 Å². The lowest BCUT2D eigenvalue weighted by molar-refractivity contribution is -0.138. The normalized spacial score (nSPS) is 18.1. The van der Waals surface area contributed by atoms with Crippen molar-refractivity contribution in [3.05, 3.63) is 0 Å². The molecule has 0 aliphatic carbocycles. The first-order valence-electron chi connectivity index (χ1n) is 6.17. The van der Waals surface area contributed by atoms with Gasteiger partial charge >= 0.3 is 5.97 Å². The first-order chi connectivity index (χ1) is 8.78. The molecule has 1 N–H and O–H groups in total. The summed E-state index contributed by atoms with van der Waals surface area (Å²) >= 11 is 0. The summed E-state index contributed by atoms with van der Waals surface area (Å²) in [7, 11) is -3.13. The Kier molecular flexibility index (Phi) is 5.74. The molecule has 1 amide bonds. The Hall–Kier alpha value is -1.15. The number of carboxylic acids is 1. The first-order valence-corrected chi connectivity index (χ1v) is 8.23. The SMILES string of the molecule is CS(=O)(=O)CCC(=O)N1CCCN(CC(=O)O)CC1. The summed E-state index contributed by atoms with van der Waals surface area (Å²) in [5, 5.41) is 8.72. The van der Waals surface area contributed by atoms with E-state index in [0.717, 1.165) is 6.26 Å². The summed E-state index contributed by atoms with van der Waals surface area (Å²) in [6, 6.07) is 0. The summed E-state index contributed by atoms with van der Waals surface area (Å²) in [6.07, 6.45) is 1.81. The zero-order chi connectivity index (χ0) is 14.5. The van der Waals surface area contributed by atoms with Crippen LogP contribution < -0.4 is 0 Å². The van der Waals surface area contributed by atoms with E-state index in [1.165, 1.54) is 0 Å². The van der Waals surface area contributed by atoms with Crippen molar-refractivity contribution in [1.29, 1.82) is 0 Å². The highest BCUT2D eigenvalue weighted by molar-refractivity contribution is 7.90. The summed E-state index contributed by atoms with van der Waals surface area (Å²) in [5.41, 5.74) is 0. The van der Waals surface area contributed by atoms with Crippen LogP contribution in [-0.2, 0) is 19.4 Å². The number of carbonyl (C=O) groups is 2. The fraction of sp³-hybridized carbons (Fsp3) is 0.818. The molecule has 0 saturated carbocycles. The zero-order valence-corrected chi connectivity index (χ0v) is 11.9. The summed E-state index contributed by atoms with van der Waals surface area (Å²) in [4.78, 5) is 25.9. The van der Waals surface area contributed by atoms with Gasteiger partial charge in [-0.3, -0.25) is 14.5 Å². The molecule has 19 heavy (non-hydrogen) atoms. The van der Waals surface area contributed by atoms with Gasteiger partial charge in [-0.1, -0.05) is 0 Å². The van der Waals surface area contributed by atoms with E-state index in [2.05, 4.69) is 0 Å². The molecule has 8 heteroatoms. The number of sulfone groups is 1. The van der Waals surface area contributed by atoms with Crippen molar-refractivity contribution < 1.29 is 23.1 Å². The van der Waals surface area contributed by atoms with Crippen LogP contribution >= 0.6 is 0 Å². The predicted molar refractivity (Wildman–Crippen MR) is 69.6 cm³/mol. The molecule has 110 valence electrons. The highest BCUT2D eigenvalue weighted by atomic mass is 32.2. The molecule has 1 rings (SSSR count). The minimum absolute atomic E-state index is 0.00222. The lowest BCUT2D eigenvalue weighted by Crippen LogP contribution is -2.37. The van der Waals surface area contributed by atoms with Crippen molar-refractivity contribution in [3.8, 4) is 0 Å². The van der Waals surface area contributed by atoms with Gasteiger partial charge in [-0.25, -0.2) is 8.42 Å². The molecular formula is C11H20N2O5S. The molecule has 1 aliphatic rings. The van der Waals surface area contributed by atoms with Crippen LogP contribution in [0.4, 0.5) is 0 Å². The number of carbonyl (C=O) groups excluding carboxylic acids is 1. The molecule has 0 atom stereocenters. The smallest absolute Gasteiger partial charge is 0.317 e. The van der Waals surface area contributed by atoms with E-state index in [9.17, 15) is 18.0 Å². The number of rotatable bonds is 5. The lowest BCUT2D eigenvalue weighted by atomic mass is 10.3. The van der Waals surface area contributed by atoms with E-state index in [1.807, 2.05) is 0 Å². The molecule has 0 aromatic rings. The van der Waals surface area contributed by atoms with Gasteiger partial charge in [0.05, 0.1) is 12.3 Å². The monoisotopic (exact) mass is 292 g/mol. The van der Waals surface area contributed by atoms with Gasteiger partial charge in [-0.2, -0.15) is 0 Å². The Morgan fingerprint density at radius 2 is 1.84 bits per heavy atom. The van der Waals surface area contributed by atoms with Crippen molar-refractivity contribution in [2.45, 2.75) is 12.8 Å². The molecule has 1 saturated heterocycles. The van der Waals surface area contributed by atoms with Crippen LogP contribution in [0.5, 0.6) is 0 Å². The quantitative estimate of drug-likeness (QED) is 0.701. The third-order valence-corrected chi connectivity index (χ3v) is 3.93. The average molecular weight is 292 g/mol. The summed E-state index contributed by atoms with van der Waals surface area (Å²) in [5.74, 6) is -1.19. The minimum Gasteiger partial charge on any atom is -0.480 e. The molecule has 1 heterocycles. The molecule has 1 fully saturated rings. The van der Waals surface area contributed by atoms with Crippen LogP contribution in [0, 0.1) is 0 Å². The van der Waals surface area contributed by atoms with Crippen molar-refractivity contribution in [2.24, 2.45) is 0 Å². The largest absolute Gasteiger partial charge is 0.480 e. The highest BCUT2D eigenvalue weighted by Gasteiger charge is 2.20. The second-order valence-electron chi connectivity index (χ2n) is 4.78. The van der Waals surface area contributed by atoms with Gasteiger partial charge in [0.25, 0.3) is 0 Å². The van der Waals surface area contributed by atoms with Gasteiger partial charge in [0.15, 0.2) is 0 Å². The van der Waals surface area contributed by atoms with Crippen LogP contribution in [0.1, 0.15) is 12.8 Å². The number of aliphatic carboxylic acids is 1. The number of carboxylic acid groups (broad SMARTS) is 1. The molecule has 7 nitrogen and oxygen atoms in total. The third kappa shape index (κ3) is 6.53.